The maximum atomic E-state index is 11.1. The van der Waals surface area contributed by atoms with Crippen LogP contribution in [0.2, 0.25) is 0 Å². The van der Waals surface area contributed by atoms with E-state index >= 15 is 0 Å². The van der Waals surface area contributed by atoms with Gasteiger partial charge in [0.25, 0.3) is 0 Å². The van der Waals surface area contributed by atoms with Gasteiger partial charge in [0.05, 0.1) is 0 Å². The van der Waals surface area contributed by atoms with Crippen LogP contribution in [0.25, 0.3) is 6.08 Å². The van der Waals surface area contributed by atoms with E-state index in [9.17, 15) is 4.79 Å². The summed E-state index contributed by atoms with van der Waals surface area (Å²) in [6.07, 6.45) is 1.86. The van der Waals surface area contributed by atoms with Crippen LogP contribution in [0.1, 0.15) is 12.5 Å². The largest absolute Gasteiger partial charge is 0.355 e. The van der Waals surface area contributed by atoms with Crippen LogP contribution in [0.5, 0.6) is 0 Å². The number of rotatable bonds is 2. The molecule has 0 aliphatic rings. The number of carbonyl (C=O) groups is 1. The van der Waals surface area contributed by atoms with Crippen LogP contribution in [-0.4, -0.2) is 13.0 Å². The lowest BCUT2D eigenvalue weighted by atomic mass is 10.1. The van der Waals surface area contributed by atoms with Crippen molar-refractivity contribution < 1.29 is 4.79 Å². The maximum absolute atomic E-state index is 11.1. The Balaban J connectivity index is 2.83. The van der Waals surface area contributed by atoms with E-state index in [0.29, 0.717) is 5.57 Å². The SMILES string of the molecule is CNC(=O)/C(C)=C/c1ccccc1. The molecule has 2 nitrogen and oxygen atoms in total. The molecule has 0 bridgehead atoms. The first-order valence-electron chi connectivity index (χ1n) is 4.19. The van der Waals surface area contributed by atoms with Crippen molar-refractivity contribution in [1.29, 1.82) is 0 Å². The van der Waals surface area contributed by atoms with Crippen LogP contribution >= 0.6 is 0 Å². The number of hydrogen-bond acceptors (Lipinski definition) is 1. The number of hydrogen-bond donors (Lipinski definition) is 1. The van der Waals surface area contributed by atoms with Crippen LogP contribution in [0.3, 0.4) is 0 Å². The van der Waals surface area contributed by atoms with Gasteiger partial charge in [-0.2, -0.15) is 0 Å². The molecule has 0 radical (unpaired) electrons. The molecule has 0 saturated heterocycles. The van der Waals surface area contributed by atoms with Crippen molar-refractivity contribution in [3.63, 3.8) is 0 Å². The topological polar surface area (TPSA) is 29.1 Å². The molecule has 0 spiro atoms. The highest BCUT2D eigenvalue weighted by Crippen LogP contribution is 2.05. The van der Waals surface area contributed by atoms with Crippen molar-refractivity contribution in [3.05, 3.63) is 41.5 Å². The Morgan fingerprint density at radius 1 is 1.31 bits per heavy atom. The van der Waals surface area contributed by atoms with Gasteiger partial charge < -0.3 is 5.32 Å². The van der Waals surface area contributed by atoms with Gasteiger partial charge in [0.2, 0.25) is 5.91 Å². The van der Waals surface area contributed by atoms with E-state index in [1.54, 1.807) is 14.0 Å². The molecule has 2 heteroatoms. The van der Waals surface area contributed by atoms with Gasteiger partial charge in [-0.05, 0) is 18.6 Å². The van der Waals surface area contributed by atoms with E-state index in [0.717, 1.165) is 5.56 Å². The second-order valence-corrected chi connectivity index (χ2v) is 2.82. The molecule has 0 unspecified atom stereocenters. The second kappa shape index (κ2) is 4.45. The zero-order chi connectivity index (χ0) is 9.68. The van der Waals surface area contributed by atoms with Crippen molar-refractivity contribution in [2.45, 2.75) is 6.92 Å². The Bertz CT molecular complexity index is 314. The maximum Gasteiger partial charge on any atom is 0.246 e. The molecule has 1 aromatic carbocycles. The lowest BCUT2D eigenvalue weighted by Crippen LogP contribution is -2.18. The Hall–Kier alpha value is -1.57. The summed E-state index contributed by atoms with van der Waals surface area (Å²) < 4.78 is 0. The Morgan fingerprint density at radius 2 is 1.92 bits per heavy atom. The predicted octanol–water partition coefficient (Wildman–Crippen LogP) is 1.84. The molecule has 1 rings (SSSR count). The van der Waals surface area contributed by atoms with Crippen molar-refractivity contribution in [2.75, 3.05) is 7.05 Å². The third-order valence-corrected chi connectivity index (χ3v) is 1.77. The summed E-state index contributed by atoms with van der Waals surface area (Å²) in [5, 5.41) is 2.58. The highest BCUT2D eigenvalue weighted by atomic mass is 16.1. The molecule has 68 valence electrons. The summed E-state index contributed by atoms with van der Waals surface area (Å²) in [5.41, 5.74) is 1.76. The fourth-order valence-corrected chi connectivity index (χ4v) is 1.06. The van der Waals surface area contributed by atoms with Crippen LogP contribution < -0.4 is 5.32 Å². The number of benzene rings is 1. The van der Waals surface area contributed by atoms with Gasteiger partial charge in [0, 0.05) is 12.6 Å². The highest BCUT2D eigenvalue weighted by molar-refractivity contribution is 5.96. The zero-order valence-corrected chi connectivity index (χ0v) is 7.87. The molecule has 1 amide bonds. The summed E-state index contributed by atoms with van der Waals surface area (Å²) in [4.78, 5) is 11.1. The summed E-state index contributed by atoms with van der Waals surface area (Å²) in [5.74, 6) is -0.0381. The molecule has 0 atom stereocenters. The summed E-state index contributed by atoms with van der Waals surface area (Å²) in [6, 6.07) is 9.78. The first-order chi connectivity index (χ1) is 6.24. The van der Waals surface area contributed by atoms with Crippen molar-refractivity contribution in [1.82, 2.24) is 5.32 Å². The minimum atomic E-state index is -0.0381. The molecule has 0 aliphatic carbocycles. The van der Waals surface area contributed by atoms with E-state index in [1.807, 2.05) is 36.4 Å². The molecular weight excluding hydrogens is 162 g/mol. The molecule has 0 saturated carbocycles. The van der Waals surface area contributed by atoms with Gasteiger partial charge >= 0.3 is 0 Å². The zero-order valence-electron chi connectivity index (χ0n) is 7.87. The van der Waals surface area contributed by atoms with Gasteiger partial charge in [-0.3, -0.25) is 4.79 Å². The van der Waals surface area contributed by atoms with Crippen molar-refractivity contribution in [2.24, 2.45) is 0 Å². The van der Waals surface area contributed by atoms with E-state index in [1.165, 1.54) is 0 Å². The van der Waals surface area contributed by atoms with Gasteiger partial charge in [-0.1, -0.05) is 30.3 Å². The first kappa shape index (κ1) is 9.52. The van der Waals surface area contributed by atoms with Crippen molar-refractivity contribution in [3.8, 4) is 0 Å². The van der Waals surface area contributed by atoms with Crippen LogP contribution in [-0.2, 0) is 4.79 Å². The van der Waals surface area contributed by atoms with E-state index in [-0.39, 0.29) is 5.91 Å². The monoisotopic (exact) mass is 175 g/mol. The molecule has 0 aliphatic heterocycles. The highest BCUT2D eigenvalue weighted by Gasteiger charge is 1.99. The number of likely N-dealkylation sites (N-methyl/N-ethyl adjacent to an activating group) is 1. The lowest BCUT2D eigenvalue weighted by molar-refractivity contribution is -0.116. The van der Waals surface area contributed by atoms with Crippen LogP contribution in [0.15, 0.2) is 35.9 Å². The summed E-state index contributed by atoms with van der Waals surface area (Å²) in [6.45, 7) is 1.80. The predicted molar refractivity (Wildman–Crippen MR) is 54.2 cm³/mol. The molecular formula is C11H13NO. The van der Waals surface area contributed by atoms with Gasteiger partial charge in [0.15, 0.2) is 0 Å². The molecule has 0 fully saturated rings. The van der Waals surface area contributed by atoms with Gasteiger partial charge in [-0.15, -0.1) is 0 Å². The van der Waals surface area contributed by atoms with Crippen LogP contribution in [0.4, 0.5) is 0 Å². The molecule has 0 aromatic heterocycles. The van der Waals surface area contributed by atoms with Gasteiger partial charge in [-0.25, -0.2) is 0 Å². The Morgan fingerprint density at radius 3 is 2.46 bits per heavy atom. The quantitative estimate of drug-likeness (QED) is 0.683. The first-order valence-corrected chi connectivity index (χ1v) is 4.19. The molecule has 13 heavy (non-hydrogen) atoms. The van der Waals surface area contributed by atoms with E-state index in [4.69, 9.17) is 0 Å². The smallest absolute Gasteiger partial charge is 0.246 e. The summed E-state index contributed by atoms with van der Waals surface area (Å²) in [7, 11) is 1.63. The van der Waals surface area contributed by atoms with E-state index < -0.39 is 0 Å². The fraction of sp³-hybridized carbons (Fsp3) is 0.182. The van der Waals surface area contributed by atoms with Crippen molar-refractivity contribution >= 4 is 12.0 Å². The van der Waals surface area contributed by atoms with E-state index in [2.05, 4.69) is 5.32 Å². The minimum Gasteiger partial charge on any atom is -0.355 e. The van der Waals surface area contributed by atoms with Gasteiger partial charge in [0.1, 0.15) is 0 Å². The molecule has 1 aromatic rings. The molecule has 1 N–H and O–H groups in total. The third kappa shape index (κ3) is 2.75. The normalized spacial score (nSPS) is 11.1. The second-order valence-electron chi connectivity index (χ2n) is 2.82. The number of nitrogens with one attached hydrogen (secondary N) is 1. The Kier molecular flexibility index (Phi) is 3.26. The summed E-state index contributed by atoms with van der Waals surface area (Å²) >= 11 is 0. The average molecular weight is 175 g/mol. The number of amides is 1. The number of carbonyl (C=O) groups excluding carboxylic acids is 1. The standard InChI is InChI=1S/C11H13NO/c1-9(11(13)12-2)8-10-6-4-3-5-7-10/h3-8H,1-2H3,(H,12,13)/b9-8+. The van der Waals surface area contributed by atoms with Crippen LogP contribution in [0, 0.1) is 0 Å². The average Bonchev–Trinajstić information content (AvgIpc) is 2.18. The third-order valence-electron chi connectivity index (χ3n) is 1.77. The lowest BCUT2D eigenvalue weighted by Gasteiger charge is -1.98. The fourth-order valence-electron chi connectivity index (χ4n) is 1.06. The Labute approximate surface area is 78.3 Å². The minimum absolute atomic E-state index is 0.0381. The molecule has 0 heterocycles.